The van der Waals surface area contributed by atoms with Crippen LogP contribution in [0.15, 0.2) is 0 Å². The molecule has 0 aromatic rings. The zero-order chi connectivity index (χ0) is 12.8. The Morgan fingerprint density at radius 1 is 1.35 bits per heavy atom. The van der Waals surface area contributed by atoms with Crippen LogP contribution < -0.4 is 16.4 Å². The van der Waals surface area contributed by atoms with Crippen molar-refractivity contribution in [3.05, 3.63) is 0 Å². The van der Waals surface area contributed by atoms with Crippen LogP contribution in [-0.2, 0) is 4.79 Å². The summed E-state index contributed by atoms with van der Waals surface area (Å²) in [6.45, 7) is 2.41. The average Bonchev–Trinajstić information content (AvgIpc) is 2.27. The van der Waals surface area contributed by atoms with E-state index in [1.54, 1.807) is 6.92 Å². The van der Waals surface area contributed by atoms with Crippen molar-refractivity contribution in [2.75, 3.05) is 6.54 Å². The van der Waals surface area contributed by atoms with Gasteiger partial charge in [-0.25, -0.2) is 4.79 Å². The second-order valence-electron chi connectivity index (χ2n) is 4.66. The summed E-state index contributed by atoms with van der Waals surface area (Å²) in [5.41, 5.74) is 4.86. The maximum absolute atomic E-state index is 11.4. The second kappa shape index (κ2) is 6.56. The highest BCUT2D eigenvalue weighted by Gasteiger charge is 2.21. The van der Waals surface area contributed by atoms with Gasteiger partial charge in [0.1, 0.15) is 0 Å². The SMILES string of the molecule is CC(NCC1CCC(O)CC1)C(=O)NC(N)=O. The van der Waals surface area contributed by atoms with Gasteiger partial charge in [-0.15, -0.1) is 0 Å². The van der Waals surface area contributed by atoms with Crippen LogP contribution >= 0.6 is 0 Å². The third-order valence-corrected chi connectivity index (χ3v) is 3.17. The number of aliphatic hydroxyl groups excluding tert-OH is 1. The highest BCUT2D eigenvalue weighted by atomic mass is 16.3. The number of hydrogen-bond donors (Lipinski definition) is 4. The lowest BCUT2D eigenvalue weighted by atomic mass is 9.87. The van der Waals surface area contributed by atoms with E-state index in [4.69, 9.17) is 5.73 Å². The van der Waals surface area contributed by atoms with Crippen LogP contribution in [0.2, 0.25) is 0 Å². The van der Waals surface area contributed by atoms with Crippen molar-refractivity contribution < 1.29 is 14.7 Å². The fourth-order valence-corrected chi connectivity index (χ4v) is 2.01. The first-order valence-corrected chi connectivity index (χ1v) is 6.00. The molecule has 17 heavy (non-hydrogen) atoms. The molecule has 5 N–H and O–H groups in total. The van der Waals surface area contributed by atoms with Gasteiger partial charge in [0.2, 0.25) is 5.91 Å². The van der Waals surface area contributed by atoms with Crippen molar-refractivity contribution in [2.45, 2.75) is 44.8 Å². The highest BCUT2D eigenvalue weighted by Crippen LogP contribution is 2.23. The Morgan fingerprint density at radius 2 is 1.94 bits per heavy atom. The Labute approximate surface area is 101 Å². The molecule has 1 rings (SSSR count). The molecule has 1 saturated carbocycles. The molecule has 0 saturated heterocycles. The molecule has 6 nitrogen and oxygen atoms in total. The van der Waals surface area contributed by atoms with E-state index in [9.17, 15) is 14.7 Å². The van der Waals surface area contributed by atoms with E-state index >= 15 is 0 Å². The van der Waals surface area contributed by atoms with Crippen LogP contribution in [0.1, 0.15) is 32.6 Å². The molecule has 3 amide bonds. The molecule has 1 aliphatic carbocycles. The molecule has 98 valence electrons. The van der Waals surface area contributed by atoms with Crippen LogP contribution in [0.25, 0.3) is 0 Å². The second-order valence-corrected chi connectivity index (χ2v) is 4.66. The number of carbonyl (C=O) groups excluding carboxylic acids is 2. The molecule has 1 unspecified atom stereocenters. The van der Waals surface area contributed by atoms with Crippen LogP contribution in [0, 0.1) is 5.92 Å². The van der Waals surface area contributed by atoms with Gasteiger partial charge >= 0.3 is 6.03 Å². The van der Waals surface area contributed by atoms with Crippen LogP contribution in [-0.4, -0.2) is 35.7 Å². The van der Waals surface area contributed by atoms with Gasteiger partial charge in [-0.05, 0) is 45.1 Å². The number of hydrogen-bond acceptors (Lipinski definition) is 4. The van der Waals surface area contributed by atoms with Gasteiger partial charge in [0.25, 0.3) is 0 Å². The number of nitrogens with one attached hydrogen (secondary N) is 2. The molecule has 0 radical (unpaired) electrons. The minimum atomic E-state index is -0.829. The van der Waals surface area contributed by atoms with Gasteiger partial charge in [-0.2, -0.15) is 0 Å². The molecule has 6 heteroatoms. The molecule has 1 atom stereocenters. The maximum atomic E-state index is 11.4. The van der Waals surface area contributed by atoms with Crippen molar-refractivity contribution in [3.63, 3.8) is 0 Å². The van der Waals surface area contributed by atoms with Crippen LogP contribution in [0.5, 0.6) is 0 Å². The summed E-state index contributed by atoms with van der Waals surface area (Å²) in [6.07, 6.45) is 3.43. The smallest absolute Gasteiger partial charge is 0.318 e. The van der Waals surface area contributed by atoms with E-state index in [1.807, 2.05) is 5.32 Å². The van der Waals surface area contributed by atoms with E-state index < -0.39 is 18.0 Å². The minimum Gasteiger partial charge on any atom is -0.393 e. The van der Waals surface area contributed by atoms with Crippen LogP contribution in [0.4, 0.5) is 4.79 Å². The number of primary amides is 1. The minimum absolute atomic E-state index is 0.165. The van der Waals surface area contributed by atoms with E-state index in [1.165, 1.54) is 0 Å². The van der Waals surface area contributed by atoms with Gasteiger partial charge in [0.15, 0.2) is 0 Å². The summed E-state index contributed by atoms with van der Waals surface area (Å²) in [5, 5.41) is 14.5. The Hall–Kier alpha value is -1.14. The normalized spacial score (nSPS) is 26.2. The number of amides is 3. The van der Waals surface area contributed by atoms with E-state index in [-0.39, 0.29) is 6.10 Å². The third kappa shape index (κ3) is 5.14. The van der Waals surface area contributed by atoms with Gasteiger partial charge in [0.05, 0.1) is 12.1 Å². The summed E-state index contributed by atoms with van der Waals surface area (Å²) in [5.74, 6) is 0.0792. The third-order valence-electron chi connectivity index (χ3n) is 3.17. The fraction of sp³-hybridized carbons (Fsp3) is 0.818. The summed E-state index contributed by atoms with van der Waals surface area (Å²) < 4.78 is 0. The van der Waals surface area contributed by atoms with Gasteiger partial charge in [-0.3, -0.25) is 10.1 Å². The van der Waals surface area contributed by atoms with Crippen molar-refractivity contribution in [1.82, 2.24) is 10.6 Å². The van der Waals surface area contributed by atoms with Crippen molar-refractivity contribution in [3.8, 4) is 0 Å². The Balaban J connectivity index is 2.21. The lowest BCUT2D eigenvalue weighted by molar-refractivity contribution is -0.121. The first-order chi connectivity index (χ1) is 7.99. The van der Waals surface area contributed by atoms with E-state index in [0.29, 0.717) is 5.92 Å². The summed E-state index contributed by atoms with van der Waals surface area (Å²) in [6, 6.07) is -1.27. The monoisotopic (exact) mass is 243 g/mol. The predicted molar refractivity (Wildman–Crippen MR) is 63.2 cm³/mol. The number of nitrogens with two attached hydrogens (primary N) is 1. The molecular weight excluding hydrogens is 222 g/mol. The lowest BCUT2D eigenvalue weighted by Gasteiger charge is -2.26. The van der Waals surface area contributed by atoms with Crippen LogP contribution in [0.3, 0.4) is 0 Å². The molecular formula is C11H21N3O3. The maximum Gasteiger partial charge on any atom is 0.318 e. The number of imide groups is 1. The number of rotatable bonds is 4. The topological polar surface area (TPSA) is 104 Å². The summed E-state index contributed by atoms with van der Waals surface area (Å²) in [4.78, 5) is 21.9. The first kappa shape index (κ1) is 13.9. The molecule has 0 aromatic carbocycles. The number of urea groups is 1. The van der Waals surface area contributed by atoms with Gasteiger partial charge < -0.3 is 16.2 Å². The molecule has 1 aliphatic rings. The molecule has 0 heterocycles. The van der Waals surface area contributed by atoms with E-state index in [2.05, 4.69) is 5.32 Å². The summed E-state index contributed by atoms with van der Waals surface area (Å²) in [7, 11) is 0. The van der Waals surface area contributed by atoms with Crippen molar-refractivity contribution >= 4 is 11.9 Å². The standard InChI is InChI=1S/C11H21N3O3/c1-7(10(16)14-11(12)17)13-6-8-2-4-9(15)5-3-8/h7-9,13,15H,2-6H2,1H3,(H3,12,14,16,17). The fourth-order valence-electron chi connectivity index (χ4n) is 2.01. The Morgan fingerprint density at radius 3 is 2.47 bits per heavy atom. The largest absolute Gasteiger partial charge is 0.393 e. The Kier molecular flexibility index (Phi) is 5.37. The zero-order valence-electron chi connectivity index (χ0n) is 10.1. The number of carbonyl (C=O) groups is 2. The van der Waals surface area contributed by atoms with E-state index in [0.717, 1.165) is 32.2 Å². The lowest BCUT2D eigenvalue weighted by Crippen LogP contribution is -2.47. The highest BCUT2D eigenvalue weighted by molar-refractivity contribution is 5.96. The van der Waals surface area contributed by atoms with Gasteiger partial charge in [0, 0.05) is 0 Å². The first-order valence-electron chi connectivity index (χ1n) is 6.00. The summed E-state index contributed by atoms with van der Waals surface area (Å²) >= 11 is 0. The zero-order valence-corrected chi connectivity index (χ0v) is 10.1. The Bertz CT molecular complexity index is 275. The predicted octanol–water partition coefficient (Wildman–Crippen LogP) is -0.289. The molecule has 0 spiro atoms. The molecule has 1 fully saturated rings. The number of aliphatic hydroxyl groups is 1. The van der Waals surface area contributed by atoms with Crippen molar-refractivity contribution in [2.24, 2.45) is 11.7 Å². The molecule has 0 aliphatic heterocycles. The van der Waals surface area contributed by atoms with Gasteiger partial charge in [-0.1, -0.05) is 0 Å². The quantitative estimate of drug-likeness (QED) is 0.544. The van der Waals surface area contributed by atoms with Crippen molar-refractivity contribution in [1.29, 1.82) is 0 Å². The molecule has 0 aromatic heterocycles. The molecule has 0 bridgehead atoms. The average molecular weight is 243 g/mol.